The zero-order valence-corrected chi connectivity index (χ0v) is 7.91. The molecule has 0 spiro atoms. The number of hydrogen-bond acceptors (Lipinski definition) is 2. The normalized spacial score (nSPS) is 12.0. The maximum atomic E-state index is 11.5. The van der Waals surface area contributed by atoms with Crippen molar-refractivity contribution in [1.82, 2.24) is 0 Å². The van der Waals surface area contributed by atoms with Crippen LogP contribution in [0.15, 0.2) is 0 Å². The quantitative estimate of drug-likeness (QED) is 0.489. The molecule has 0 aliphatic rings. The van der Waals surface area contributed by atoms with Crippen LogP contribution in [0.25, 0.3) is 0 Å². The Hall–Kier alpha value is 0.490. The molecule has 0 aromatic carbocycles. The van der Waals surface area contributed by atoms with Gasteiger partial charge in [0.15, 0.2) is 0 Å². The van der Waals surface area contributed by atoms with Crippen LogP contribution in [0.2, 0.25) is 0 Å². The average molecular weight is 204 g/mol. The van der Waals surface area contributed by atoms with E-state index < -0.39 is 5.51 Å². The topological polar surface area (TPSA) is 0 Å². The first-order valence-corrected chi connectivity index (χ1v) is 5.75. The summed E-state index contributed by atoms with van der Waals surface area (Å²) in [6.07, 6.45) is 2.95. The molecule has 0 aliphatic carbocycles. The summed E-state index contributed by atoms with van der Waals surface area (Å²) in [5.41, 5.74) is -4.07. The van der Waals surface area contributed by atoms with Gasteiger partial charge in [-0.05, 0) is 6.42 Å². The molecule has 5 heteroatoms. The third-order valence-corrected chi connectivity index (χ3v) is 3.17. The fourth-order valence-electron chi connectivity index (χ4n) is 0.519. The number of rotatable bonds is 5. The summed E-state index contributed by atoms with van der Waals surface area (Å²) >= 11 is 0. The molecule has 0 nitrogen and oxygen atoms in total. The van der Waals surface area contributed by atoms with E-state index >= 15 is 0 Å². The molecule has 0 fully saturated rings. The second-order valence-corrected chi connectivity index (χ2v) is 4.54. The van der Waals surface area contributed by atoms with Crippen LogP contribution in [0.4, 0.5) is 13.2 Å². The van der Waals surface area contributed by atoms with Gasteiger partial charge in [0.1, 0.15) is 0 Å². The lowest BCUT2D eigenvalue weighted by Gasteiger charge is -2.03. The van der Waals surface area contributed by atoms with Gasteiger partial charge < -0.3 is 0 Å². The van der Waals surface area contributed by atoms with Crippen LogP contribution in [0, 0.1) is 0 Å². The lowest BCUT2D eigenvalue weighted by atomic mass is 10.3. The van der Waals surface area contributed by atoms with Crippen molar-refractivity contribution in [3.05, 3.63) is 0 Å². The summed E-state index contributed by atoms with van der Waals surface area (Å²) in [6, 6.07) is 0. The van der Waals surface area contributed by atoms with Crippen molar-refractivity contribution in [2.24, 2.45) is 0 Å². The van der Waals surface area contributed by atoms with Crippen molar-refractivity contribution >= 4 is 21.6 Å². The van der Waals surface area contributed by atoms with E-state index in [9.17, 15) is 13.2 Å². The number of halogens is 3. The van der Waals surface area contributed by atoms with Gasteiger partial charge in [0.25, 0.3) is 0 Å². The Labute approximate surface area is 72.7 Å². The van der Waals surface area contributed by atoms with E-state index in [-0.39, 0.29) is 10.8 Å². The first kappa shape index (κ1) is 11.5. The number of hydrogen-bond donors (Lipinski definition) is 0. The lowest BCUT2D eigenvalue weighted by molar-refractivity contribution is -0.0311. The van der Waals surface area contributed by atoms with Gasteiger partial charge in [0.05, 0.1) is 0 Å². The van der Waals surface area contributed by atoms with Crippen molar-refractivity contribution in [2.75, 3.05) is 5.75 Å². The van der Waals surface area contributed by atoms with E-state index in [0.717, 1.165) is 30.1 Å². The third-order valence-electron chi connectivity index (χ3n) is 0.985. The Morgan fingerprint density at radius 2 is 1.82 bits per heavy atom. The van der Waals surface area contributed by atoms with Crippen molar-refractivity contribution in [2.45, 2.75) is 31.7 Å². The standard InChI is InChI=1S/C6H11F3S2/c1-2-3-4-5-10-11-6(7,8)9/h2-5H2,1H3. The van der Waals surface area contributed by atoms with Gasteiger partial charge in [-0.2, -0.15) is 13.2 Å². The Balaban J connectivity index is 3.02. The summed E-state index contributed by atoms with van der Waals surface area (Å²) in [5, 5.41) is 0. The van der Waals surface area contributed by atoms with Crippen LogP contribution < -0.4 is 0 Å². The van der Waals surface area contributed by atoms with Crippen molar-refractivity contribution in [3.8, 4) is 0 Å². The minimum Gasteiger partial charge on any atom is -0.160 e. The van der Waals surface area contributed by atoms with E-state index in [1.165, 1.54) is 0 Å². The maximum Gasteiger partial charge on any atom is 0.452 e. The molecule has 0 N–H and O–H groups in total. The van der Waals surface area contributed by atoms with E-state index in [4.69, 9.17) is 0 Å². The van der Waals surface area contributed by atoms with Gasteiger partial charge in [0.2, 0.25) is 0 Å². The second-order valence-electron chi connectivity index (χ2n) is 2.06. The molecule has 0 aliphatic heterocycles. The molecule has 0 radical (unpaired) electrons. The molecule has 11 heavy (non-hydrogen) atoms. The fourth-order valence-corrected chi connectivity index (χ4v) is 2.06. The minimum atomic E-state index is -4.07. The minimum absolute atomic E-state index is 0.000673. The first-order chi connectivity index (χ1) is 5.06. The summed E-state index contributed by atoms with van der Waals surface area (Å²) in [6.45, 7) is 2.03. The summed E-state index contributed by atoms with van der Waals surface area (Å²) in [7, 11) is 0.892. The highest BCUT2D eigenvalue weighted by molar-refractivity contribution is 8.77. The second kappa shape index (κ2) is 6.06. The van der Waals surface area contributed by atoms with Crippen molar-refractivity contribution in [1.29, 1.82) is 0 Å². The van der Waals surface area contributed by atoms with Crippen molar-refractivity contribution < 1.29 is 13.2 Å². The fraction of sp³-hybridized carbons (Fsp3) is 1.00. The highest BCUT2D eigenvalue weighted by Gasteiger charge is 2.28. The van der Waals surface area contributed by atoms with Crippen LogP contribution in [0.5, 0.6) is 0 Å². The molecule has 0 rings (SSSR count). The van der Waals surface area contributed by atoms with Crippen LogP contribution in [0.3, 0.4) is 0 Å². The molecule has 68 valence electrons. The molecule has 0 bridgehead atoms. The van der Waals surface area contributed by atoms with Gasteiger partial charge in [-0.1, -0.05) is 30.6 Å². The van der Waals surface area contributed by atoms with E-state index in [1.54, 1.807) is 0 Å². The average Bonchev–Trinajstić information content (AvgIpc) is 1.85. The maximum absolute atomic E-state index is 11.5. The molecular formula is C6H11F3S2. The largest absolute Gasteiger partial charge is 0.452 e. The number of unbranched alkanes of at least 4 members (excludes halogenated alkanes) is 2. The molecule has 0 saturated carbocycles. The smallest absolute Gasteiger partial charge is 0.160 e. The van der Waals surface area contributed by atoms with Gasteiger partial charge in [0, 0.05) is 16.5 Å². The van der Waals surface area contributed by atoms with Gasteiger partial charge in [-0.15, -0.1) is 0 Å². The molecule has 0 atom stereocenters. The van der Waals surface area contributed by atoms with Gasteiger partial charge >= 0.3 is 5.51 Å². The van der Waals surface area contributed by atoms with E-state index in [1.807, 2.05) is 6.92 Å². The van der Waals surface area contributed by atoms with Crippen LogP contribution >= 0.6 is 21.6 Å². The summed E-state index contributed by atoms with van der Waals surface area (Å²) < 4.78 is 34.5. The van der Waals surface area contributed by atoms with Gasteiger partial charge in [-0.25, -0.2) is 0 Å². The number of alkyl halides is 3. The van der Waals surface area contributed by atoms with Crippen molar-refractivity contribution in [3.63, 3.8) is 0 Å². The Kier molecular flexibility index (Phi) is 6.33. The summed E-state index contributed by atoms with van der Waals surface area (Å²) in [4.78, 5) is 0. The SMILES string of the molecule is CCCCCSSC(F)(F)F. The Morgan fingerprint density at radius 1 is 1.18 bits per heavy atom. The van der Waals surface area contributed by atoms with Crippen LogP contribution in [0.1, 0.15) is 26.2 Å². The molecule has 0 unspecified atom stereocenters. The highest BCUT2D eigenvalue weighted by Crippen LogP contribution is 2.39. The zero-order valence-electron chi connectivity index (χ0n) is 6.28. The Morgan fingerprint density at radius 3 is 2.27 bits per heavy atom. The zero-order chi connectivity index (χ0) is 8.74. The predicted octanol–water partition coefficient (Wildman–Crippen LogP) is 4.08. The summed E-state index contributed by atoms with van der Waals surface area (Å²) in [5.74, 6) is 0.595. The lowest BCUT2D eigenvalue weighted by Crippen LogP contribution is -1.96. The van der Waals surface area contributed by atoms with Crippen LogP contribution in [-0.4, -0.2) is 11.3 Å². The first-order valence-electron chi connectivity index (χ1n) is 3.43. The molecule has 0 heterocycles. The van der Waals surface area contributed by atoms with Crippen LogP contribution in [-0.2, 0) is 0 Å². The Bertz CT molecular complexity index is 92.3. The molecule has 0 amide bonds. The molecular weight excluding hydrogens is 193 g/mol. The molecule has 0 saturated heterocycles. The van der Waals surface area contributed by atoms with E-state index in [2.05, 4.69) is 0 Å². The predicted molar refractivity (Wildman–Crippen MR) is 45.6 cm³/mol. The molecule has 0 aromatic heterocycles. The van der Waals surface area contributed by atoms with Gasteiger partial charge in [-0.3, -0.25) is 0 Å². The highest BCUT2D eigenvalue weighted by atomic mass is 33.1. The monoisotopic (exact) mass is 204 g/mol. The molecule has 0 aromatic rings. The third kappa shape index (κ3) is 10.5. The van der Waals surface area contributed by atoms with E-state index in [0.29, 0.717) is 5.75 Å².